The van der Waals surface area contributed by atoms with E-state index in [9.17, 15) is 18.5 Å². The van der Waals surface area contributed by atoms with Gasteiger partial charge in [-0.2, -0.15) is 0 Å². The highest BCUT2D eigenvalue weighted by atomic mass is 35.5. The van der Waals surface area contributed by atoms with Crippen LogP contribution >= 0.6 is 11.6 Å². The first-order valence-electron chi connectivity index (χ1n) is 5.12. The summed E-state index contributed by atoms with van der Waals surface area (Å²) in [6.07, 6.45) is 0. The fourth-order valence-electron chi connectivity index (χ4n) is 1.49. The zero-order valence-corrected chi connectivity index (χ0v) is 11.5. The number of halogens is 1. The molecule has 0 heterocycles. The molecule has 0 aliphatic heterocycles. The van der Waals surface area contributed by atoms with Crippen LogP contribution in [0.25, 0.3) is 0 Å². The van der Waals surface area contributed by atoms with Crippen molar-refractivity contribution in [3.8, 4) is 0 Å². The molecule has 8 heteroatoms. The summed E-state index contributed by atoms with van der Waals surface area (Å²) in [6, 6.07) is 3.60. The molecule has 0 spiro atoms. The molecule has 100 valence electrons. The van der Waals surface area contributed by atoms with Crippen LogP contribution < -0.4 is 4.72 Å². The zero-order chi connectivity index (χ0) is 13.9. The predicted molar refractivity (Wildman–Crippen MR) is 68.3 cm³/mol. The quantitative estimate of drug-likeness (QED) is 0.509. The van der Waals surface area contributed by atoms with Crippen molar-refractivity contribution in [2.45, 2.75) is 24.8 Å². The number of nitrogens with one attached hydrogen (secondary N) is 1. The predicted octanol–water partition coefficient (Wildman–Crippen LogP) is 1.81. The van der Waals surface area contributed by atoms with Gasteiger partial charge in [0.1, 0.15) is 0 Å². The molecule has 6 nitrogen and oxygen atoms in total. The van der Waals surface area contributed by atoms with Crippen LogP contribution in [0.3, 0.4) is 0 Å². The second kappa shape index (κ2) is 5.64. The monoisotopic (exact) mass is 292 g/mol. The summed E-state index contributed by atoms with van der Waals surface area (Å²) in [6.45, 7) is 3.08. The first-order valence-corrected chi connectivity index (χ1v) is 7.13. The molecule has 18 heavy (non-hydrogen) atoms. The highest BCUT2D eigenvalue weighted by molar-refractivity contribution is 7.89. The van der Waals surface area contributed by atoms with E-state index in [0.717, 1.165) is 6.07 Å². The van der Waals surface area contributed by atoms with Gasteiger partial charge in [0.05, 0.1) is 4.92 Å². The summed E-state index contributed by atoms with van der Waals surface area (Å²) >= 11 is 5.53. The van der Waals surface area contributed by atoms with E-state index in [2.05, 4.69) is 4.72 Å². The SMILES string of the molecule is Cc1cccc([N+](=O)[O-])c1S(=O)(=O)NC(C)CCl. The van der Waals surface area contributed by atoms with Crippen molar-refractivity contribution < 1.29 is 13.3 Å². The Labute approximate surface area is 110 Å². The second-order valence-electron chi connectivity index (χ2n) is 3.86. The van der Waals surface area contributed by atoms with Crippen molar-refractivity contribution >= 4 is 27.3 Å². The lowest BCUT2D eigenvalue weighted by molar-refractivity contribution is -0.387. The molecule has 1 atom stereocenters. The van der Waals surface area contributed by atoms with Gasteiger partial charge in [0.15, 0.2) is 4.90 Å². The highest BCUT2D eigenvalue weighted by Crippen LogP contribution is 2.26. The van der Waals surface area contributed by atoms with Crippen LogP contribution in [0.2, 0.25) is 0 Å². The Morgan fingerprint density at radius 1 is 1.50 bits per heavy atom. The molecule has 1 aromatic carbocycles. The first-order chi connectivity index (χ1) is 8.29. The standard InChI is InChI=1S/C10H13ClN2O4S/c1-7-4-3-5-9(13(14)15)10(7)18(16,17)12-8(2)6-11/h3-5,8,12H,6H2,1-2H3. The minimum absolute atomic E-state index is 0.0823. The summed E-state index contributed by atoms with van der Waals surface area (Å²) in [5, 5.41) is 10.9. The van der Waals surface area contributed by atoms with Gasteiger partial charge >= 0.3 is 0 Å². The van der Waals surface area contributed by atoms with Gasteiger partial charge in [-0.25, -0.2) is 13.1 Å². The van der Waals surface area contributed by atoms with Crippen molar-refractivity contribution in [3.63, 3.8) is 0 Å². The van der Waals surface area contributed by atoms with Crippen molar-refractivity contribution in [1.29, 1.82) is 0 Å². The number of benzene rings is 1. The van der Waals surface area contributed by atoms with Gasteiger partial charge in [-0.15, -0.1) is 11.6 Å². The lowest BCUT2D eigenvalue weighted by atomic mass is 10.2. The smallest absolute Gasteiger partial charge is 0.258 e. The molecular formula is C10H13ClN2O4S. The van der Waals surface area contributed by atoms with E-state index in [1.165, 1.54) is 19.1 Å². The van der Waals surface area contributed by atoms with Crippen LogP contribution in [-0.4, -0.2) is 25.3 Å². The van der Waals surface area contributed by atoms with Crippen LogP contribution in [-0.2, 0) is 10.0 Å². The maximum Gasteiger partial charge on any atom is 0.289 e. The third kappa shape index (κ3) is 3.18. The molecule has 1 N–H and O–H groups in total. The topological polar surface area (TPSA) is 89.3 Å². The summed E-state index contributed by atoms with van der Waals surface area (Å²) in [5.41, 5.74) is -0.122. The van der Waals surface area contributed by atoms with Gasteiger partial charge in [-0.05, 0) is 19.4 Å². The molecule has 1 rings (SSSR count). The van der Waals surface area contributed by atoms with Gasteiger partial charge in [-0.3, -0.25) is 10.1 Å². The average Bonchev–Trinajstić information content (AvgIpc) is 2.27. The molecule has 0 aromatic heterocycles. The van der Waals surface area contributed by atoms with E-state index in [4.69, 9.17) is 11.6 Å². The molecule has 0 radical (unpaired) electrons. The Morgan fingerprint density at radius 3 is 2.61 bits per heavy atom. The fourth-order valence-corrected chi connectivity index (χ4v) is 3.30. The van der Waals surface area contributed by atoms with E-state index >= 15 is 0 Å². The Bertz CT molecular complexity index is 559. The minimum atomic E-state index is -3.95. The number of hydrogen-bond acceptors (Lipinski definition) is 4. The van der Waals surface area contributed by atoms with Crippen LogP contribution in [0, 0.1) is 17.0 Å². The molecular weight excluding hydrogens is 280 g/mol. The number of nitro groups is 1. The summed E-state index contributed by atoms with van der Waals surface area (Å²) in [7, 11) is -3.95. The van der Waals surface area contributed by atoms with Crippen LogP contribution in [0.4, 0.5) is 5.69 Å². The van der Waals surface area contributed by atoms with E-state index < -0.39 is 26.7 Å². The maximum absolute atomic E-state index is 12.1. The number of nitro benzene ring substituents is 1. The molecule has 0 aliphatic rings. The third-order valence-electron chi connectivity index (χ3n) is 2.24. The Balaban J connectivity index is 3.36. The lowest BCUT2D eigenvalue weighted by Crippen LogP contribution is -2.34. The number of sulfonamides is 1. The molecule has 0 saturated carbocycles. The first kappa shape index (κ1) is 14.9. The van der Waals surface area contributed by atoms with Crippen molar-refractivity contribution in [3.05, 3.63) is 33.9 Å². The third-order valence-corrected chi connectivity index (χ3v) is 4.49. The van der Waals surface area contributed by atoms with Gasteiger partial charge in [0, 0.05) is 18.0 Å². The largest absolute Gasteiger partial charge is 0.289 e. The van der Waals surface area contributed by atoms with Crippen LogP contribution in [0.15, 0.2) is 23.1 Å². The minimum Gasteiger partial charge on any atom is -0.258 e. The summed E-state index contributed by atoms with van der Waals surface area (Å²) in [4.78, 5) is 9.83. The highest BCUT2D eigenvalue weighted by Gasteiger charge is 2.28. The van der Waals surface area contributed by atoms with E-state index in [1.54, 1.807) is 6.92 Å². The average molecular weight is 293 g/mol. The Hall–Kier alpha value is -1.18. The molecule has 0 amide bonds. The van der Waals surface area contributed by atoms with Gasteiger partial charge < -0.3 is 0 Å². The molecule has 0 aliphatic carbocycles. The van der Waals surface area contributed by atoms with Gasteiger partial charge in [-0.1, -0.05) is 12.1 Å². The van der Waals surface area contributed by atoms with Crippen molar-refractivity contribution in [2.75, 3.05) is 5.88 Å². The summed E-state index contributed by atoms with van der Waals surface area (Å²) in [5.74, 6) is 0.0823. The molecule has 1 unspecified atom stereocenters. The Kier molecular flexibility index (Phi) is 4.66. The molecule has 0 bridgehead atoms. The van der Waals surface area contributed by atoms with Crippen molar-refractivity contribution in [2.24, 2.45) is 0 Å². The number of hydrogen-bond donors (Lipinski definition) is 1. The number of alkyl halides is 1. The van der Waals surface area contributed by atoms with E-state index in [-0.39, 0.29) is 10.8 Å². The lowest BCUT2D eigenvalue weighted by Gasteiger charge is -2.13. The van der Waals surface area contributed by atoms with Crippen LogP contribution in [0.5, 0.6) is 0 Å². The van der Waals surface area contributed by atoms with E-state index in [0.29, 0.717) is 5.56 Å². The number of aryl methyl sites for hydroxylation is 1. The number of nitrogens with zero attached hydrogens (tertiary/aromatic N) is 1. The normalized spacial score (nSPS) is 13.3. The van der Waals surface area contributed by atoms with Gasteiger partial charge in [0.2, 0.25) is 10.0 Å². The van der Waals surface area contributed by atoms with E-state index in [1.807, 2.05) is 0 Å². The van der Waals surface area contributed by atoms with Crippen molar-refractivity contribution in [1.82, 2.24) is 4.72 Å². The fraction of sp³-hybridized carbons (Fsp3) is 0.400. The second-order valence-corrected chi connectivity index (χ2v) is 5.82. The molecule has 0 saturated heterocycles. The molecule has 1 aromatic rings. The number of rotatable bonds is 5. The zero-order valence-electron chi connectivity index (χ0n) is 9.88. The summed E-state index contributed by atoms with van der Waals surface area (Å²) < 4.78 is 26.4. The maximum atomic E-state index is 12.1. The van der Waals surface area contributed by atoms with Crippen LogP contribution in [0.1, 0.15) is 12.5 Å². The molecule has 0 fully saturated rings. The Morgan fingerprint density at radius 2 is 2.11 bits per heavy atom. The van der Waals surface area contributed by atoms with Gasteiger partial charge in [0.25, 0.3) is 5.69 Å².